The van der Waals surface area contributed by atoms with Crippen LogP contribution in [0.15, 0.2) is 59.8 Å². The number of piperidine rings is 1. The van der Waals surface area contributed by atoms with E-state index in [2.05, 4.69) is 44.8 Å². The monoisotopic (exact) mass is 457 g/mol. The number of anilines is 2. The van der Waals surface area contributed by atoms with Gasteiger partial charge in [0.2, 0.25) is 5.69 Å². The zero-order valence-corrected chi connectivity index (χ0v) is 19.4. The lowest BCUT2D eigenvalue weighted by molar-refractivity contribution is -0.627. The van der Waals surface area contributed by atoms with E-state index in [1.165, 1.54) is 29.9 Å². The van der Waals surface area contributed by atoms with Crippen LogP contribution in [0, 0.1) is 6.92 Å². The van der Waals surface area contributed by atoms with Gasteiger partial charge in [0.05, 0.1) is 0 Å². The van der Waals surface area contributed by atoms with Crippen molar-refractivity contribution in [3.8, 4) is 0 Å². The lowest BCUT2D eigenvalue weighted by atomic mass is 9.88. The molecule has 1 saturated heterocycles. The van der Waals surface area contributed by atoms with Crippen molar-refractivity contribution >= 4 is 23.2 Å². The number of ether oxygens (including phenoxy) is 1. The number of nitrogens with zero attached hydrogens (tertiary/aromatic N) is 3. The van der Waals surface area contributed by atoms with Crippen LogP contribution in [0.3, 0.4) is 0 Å². The molecule has 3 aliphatic rings. The number of hydrogen-bond donors (Lipinski definition) is 1. The molecule has 174 valence electrons. The number of carbonyl (C=O) groups excluding carboxylic acids is 1. The summed E-state index contributed by atoms with van der Waals surface area (Å²) in [4.78, 5) is 14.8. The van der Waals surface area contributed by atoms with Crippen LogP contribution in [0.2, 0.25) is 0 Å². The molecule has 0 bridgehead atoms. The van der Waals surface area contributed by atoms with Gasteiger partial charge in [-0.2, -0.15) is 4.57 Å². The Kier molecular flexibility index (Phi) is 4.94. The zero-order chi connectivity index (χ0) is 23.3. The van der Waals surface area contributed by atoms with E-state index in [-0.39, 0.29) is 12.5 Å². The van der Waals surface area contributed by atoms with E-state index in [9.17, 15) is 4.79 Å². The van der Waals surface area contributed by atoms with Gasteiger partial charge in [0.25, 0.3) is 0 Å². The number of fused-ring (bicyclic) bond motifs is 2. The van der Waals surface area contributed by atoms with Crippen LogP contribution in [0.25, 0.3) is 5.70 Å². The number of allylic oxidation sites excluding steroid dienone is 1. The third-order valence-electron chi connectivity index (χ3n) is 7.58. The summed E-state index contributed by atoms with van der Waals surface area (Å²) in [6, 6.07) is 14.1. The normalized spacial score (nSPS) is 18.4. The summed E-state index contributed by atoms with van der Waals surface area (Å²) in [5, 5.41) is 6.99. The number of rotatable bonds is 5. The zero-order valence-electron chi connectivity index (χ0n) is 19.4. The Morgan fingerprint density at radius 2 is 2.00 bits per heavy atom. The van der Waals surface area contributed by atoms with Gasteiger partial charge in [-0.1, -0.05) is 35.5 Å². The Balaban J connectivity index is 1.09. The summed E-state index contributed by atoms with van der Waals surface area (Å²) in [5.41, 5.74) is 6.42. The molecule has 7 nitrogen and oxygen atoms in total. The van der Waals surface area contributed by atoms with E-state index in [1.54, 1.807) is 0 Å². The van der Waals surface area contributed by atoms with E-state index in [0.29, 0.717) is 16.8 Å². The van der Waals surface area contributed by atoms with Crippen molar-refractivity contribution in [2.24, 2.45) is 0 Å². The molecular formula is C27H29N4O3+. The van der Waals surface area contributed by atoms with E-state index >= 15 is 0 Å². The summed E-state index contributed by atoms with van der Waals surface area (Å²) in [7, 11) is 0. The highest BCUT2D eigenvalue weighted by Gasteiger charge is 2.65. The minimum absolute atomic E-state index is 0.200. The predicted octanol–water partition coefficient (Wildman–Crippen LogP) is 4.92. The lowest BCUT2D eigenvalue weighted by Crippen LogP contribution is -2.55. The highest BCUT2D eigenvalue weighted by atomic mass is 16.5. The van der Waals surface area contributed by atoms with Crippen LogP contribution in [-0.2, 0) is 16.8 Å². The van der Waals surface area contributed by atoms with Crippen LogP contribution in [-0.4, -0.2) is 24.3 Å². The second-order valence-electron chi connectivity index (χ2n) is 9.63. The maximum atomic E-state index is 12.4. The van der Waals surface area contributed by atoms with E-state index in [0.717, 1.165) is 37.3 Å². The minimum atomic E-state index is -0.499. The third kappa shape index (κ3) is 3.47. The van der Waals surface area contributed by atoms with Gasteiger partial charge in [0, 0.05) is 25.1 Å². The molecule has 1 spiro atoms. The molecule has 34 heavy (non-hydrogen) atoms. The van der Waals surface area contributed by atoms with Crippen molar-refractivity contribution in [2.75, 3.05) is 23.3 Å². The van der Waals surface area contributed by atoms with Crippen LogP contribution in [0.5, 0.6) is 0 Å². The van der Waals surface area contributed by atoms with Gasteiger partial charge in [-0.05, 0) is 50.8 Å². The average molecular weight is 458 g/mol. The number of pyridine rings is 1. The fourth-order valence-electron chi connectivity index (χ4n) is 5.36. The Morgan fingerprint density at radius 3 is 2.74 bits per heavy atom. The first-order valence-electron chi connectivity index (χ1n) is 12.0. The van der Waals surface area contributed by atoms with Gasteiger partial charge < -0.3 is 14.2 Å². The van der Waals surface area contributed by atoms with Gasteiger partial charge in [0.15, 0.2) is 17.7 Å². The maximum absolute atomic E-state index is 12.4. The molecule has 1 saturated carbocycles. The largest absolute Gasteiger partial charge is 0.444 e. The number of aromatic nitrogens is 2. The Labute approximate surface area is 199 Å². The SMILES string of the molecule is C=C1[n+]2cc(N3CCC(c4onc(C)c4NC(=O)OCc4ccccc4)CC3)ccc2C12CC2. The van der Waals surface area contributed by atoms with Crippen molar-refractivity contribution in [3.63, 3.8) is 0 Å². The first-order valence-corrected chi connectivity index (χ1v) is 12.0. The van der Waals surface area contributed by atoms with Crippen molar-refractivity contribution in [1.29, 1.82) is 0 Å². The van der Waals surface area contributed by atoms with Gasteiger partial charge in [-0.3, -0.25) is 5.32 Å². The molecule has 1 aliphatic carbocycles. The summed E-state index contributed by atoms with van der Waals surface area (Å²) in [5.74, 6) is 0.940. The number of aryl methyl sites for hydroxylation is 1. The van der Waals surface area contributed by atoms with E-state index < -0.39 is 6.09 Å². The summed E-state index contributed by atoms with van der Waals surface area (Å²) in [6.45, 7) is 8.19. The predicted molar refractivity (Wildman–Crippen MR) is 129 cm³/mol. The van der Waals surface area contributed by atoms with Gasteiger partial charge in [0.1, 0.15) is 29.1 Å². The number of nitrogens with one attached hydrogen (secondary N) is 1. The second-order valence-corrected chi connectivity index (χ2v) is 9.63. The maximum Gasteiger partial charge on any atom is 0.412 e. The molecule has 7 heteroatoms. The molecule has 6 rings (SSSR count). The van der Waals surface area contributed by atoms with Crippen molar-refractivity contribution in [3.05, 3.63) is 78.0 Å². The van der Waals surface area contributed by atoms with Crippen LogP contribution in [0.4, 0.5) is 16.2 Å². The average Bonchev–Trinajstić information content (AvgIpc) is 3.64. The molecule has 1 amide bonds. The van der Waals surface area contributed by atoms with Crippen LogP contribution >= 0.6 is 0 Å². The highest BCUT2D eigenvalue weighted by molar-refractivity contribution is 5.86. The summed E-state index contributed by atoms with van der Waals surface area (Å²) in [6.07, 6.45) is 6.06. The molecule has 1 aromatic carbocycles. The minimum Gasteiger partial charge on any atom is -0.444 e. The number of hydrogen-bond acceptors (Lipinski definition) is 5. The van der Waals surface area contributed by atoms with Gasteiger partial charge >= 0.3 is 6.09 Å². The summed E-state index contributed by atoms with van der Waals surface area (Å²) < 4.78 is 13.3. The number of benzene rings is 1. The lowest BCUT2D eigenvalue weighted by Gasteiger charge is -2.33. The molecule has 2 fully saturated rings. The van der Waals surface area contributed by atoms with E-state index in [1.807, 2.05) is 37.3 Å². The summed E-state index contributed by atoms with van der Waals surface area (Å²) >= 11 is 0. The quantitative estimate of drug-likeness (QED) is 0.551. The Bertz CT molecular complexity index is 1250. The van der Waals surface area contributed by atoms with Crippen LogP contribution < -0.4 is 14.8 Å². The Hall–Kier alpha value is -3.61. The second kappa shape index (κ2) is 8.01. The molecule has 0 radical (unpaired) electrons. The molecule has 2 aliphatic heterocycles. The molecule has 4 heterocycles. The fourth-order valence-corrected chi connectivity index (χ4v) is 5.36. The topological polar surface area (TPSA) is 71.5 Å². The van der Waals surface area contributed by atoms with Gasteiger partial charge in [-0.15, -0.1) is 0 Å². The highest BCUT2D eigenvalue weighted by Crippen LogP contribution is 2.57. The smallest absolute Gasteiger partial charge is 0.412 e. The number of carbonyl (C=O) groups is 1. The molecular weight excluding hydrogens is 428 g/mol. The van der Waals surface area contributed by atoms with Crippen LogP contribution in [0.1, 0.15) is 54.3 Å². The standard InChI is InChI=1S/C27H28N4O3/c1-18-24(28-26(32)33-17-20-6-4-3-5-7-20)25(34-29-18)21-10-14-30(15-11-21)22-8-9-23-27(12-13-27)19(2)31(23)16-22/h3-9,16,21H,2,10-15,17H2,1H3/p+1. The molecule has 0 atom stereocenters. The Morgan fingerprint density at radius 1 is 1.24 bits per heavy atom. The van der Waals surface area contributed by atoms with Crippen molar-refractivity contribution < 1.29 is 18.6 Å². The first kappa shape index (κ1) is 21.0. The molecule has 1 N–H and O–H groups in total. The molecule has 3 aromatic rings. The van der Waals surface area contributed by atoms with Crippen molar-refractivity contribution in [1.82, 2.24) is 5.16 Å². The molecule has 0 unspecified atom stereocenters. The first-order chi connectivity index (χ1) is 16.5. The van der Waals surface area contributed by atoms with E-state index in [4.69, 9.17) is 9.26 Å². The third-order valence-corrected chi connectivity index (χ3v) is 7.58. The molecule has 2 aromatic heterocycles. The van der Waals surface area contributed by atoms with Gasteiger partial charge in [-0.25, -0.2) is 4.79 Å². The number of amides is 1. The van der Waals surface area contributed by atoms with Crippen molar-refractivity contribution in [2.45, 2.75) is 50.5 Å². The fraction of sp³-hybridized carbons (Fsp3) is 0.370.